The highest BCUT2D eigenvalue weighted by molar-refractivity contribution is 9.10. The fourth-order valence-corrected chi connectivity index (χ4v) is 1.86. The van der Waals surface area contributed by atoms with Crippen LogP contribution in [-0.2, 0) is 0 Å². The van der Waals surface area contributed by atoms with E-state index in [9.17, 15) is 4.39 Å². The quantitative estimate of drug-likeness (QED) is 0.944. The standard InChI is InChI=1S/C12H13BrFN3O/c1-6(2)10(15)11-16-12(18-17-11)8-5-7(14)3-4-9(8)13/h3-6,10H,15H2,1-2H3. The van der Waals surface area contributed by atoms with Crippen molar-refractivity contribution in [2.75, 3.05) is 0 Å². The van der Waals surface area contributed by atoms with Crippen molar-refractivity contribution in [3.63, 3.8) is 0 Å². The van der Waals surface area contributed by atoms with Crippen LogP contribution in [-0.4, -0.2) is 10.1 Å². The van der Waals surface area contributed by atoms with E-state index in [-0.39, 0.29) is 23.7 Å². The number of nitrogens with two attached hydrogens (primary N) is 1. The SMILES string of the molecule is CC(C)C(N)c1noc(-c2cc(F)ccc2Br)n1. The molecule has 0 radical (unpaired) electrons. The molecule has 1 aromatic carbocycles. The van der Waals surface area contributed by atoms with E-state index >= 15 is 0 Å². The van der Waals surface area contributed by atoms with Crippen LogP contribution in [0, 0.1) is 11.7 Å². The summed E-state index contributed by atoms with van der Waals surface area (Å²) in [6.07, 6.45) is 0. The molecule has 0 bridgehead atoms. The van der Waals surface area contributed by atoms with Crippen LogP contribution in [0.4, 0.5) is 4.39 Å². The van der Waals surface area contributed by atoms with Gasteiger partial charge in [-0.3, -0.25) is 0 Å². The van der Waals surface area contributed by atoms with Crippen LogP contribution in [0.1, 0.15) is 25.7 Å². The first kappa shape index (κ1) is 13.2. The molecule has 0 saturated heterocycles. The van der Waals surface area contributed by atoms with Gasteiger partial charge in [0.15, 0.2) is 5.82 Å². The first-order chi connectivity index (χ1) is 8.49. The van der Waals surface area contributed by atoms with Gasteiger partial charge in [-0.1, -0.05) is 19.0 Å². The Morgan fingerprint density at radius 3 is 2.78 bits per heavy atom. The second kappa shape index (κ2) is 5.16. The lowest BCUT2D eigenvalue weighted by Gasteiger charge is -2.09. The largest absolute Gasteiger partial charge is 0.334 e. The Morgan fingerprint density at radius 2 is 2.11 bits per heavy atom. The van der Waals surface area contributed by atoms with Gasteiger partial charge in [0.1, 0.15) is 5.82 Å². The molecule has 1 aromatic heterocycles. The molecule has 1 heterocycles. The molecule has 0 saturated carbocycles. The molecule has 0 amide bonds. The van der Waals surface area contributed by atoms with Gasteiger partial charge >= 0.3 is 0 Å². The van der Waals surface area contributed by atoms with Gasteiger partial charge in [0.2, 0.25) is 0 Å². The molecule has 6 heteroatoms. The van der Waals surface area contributed by atoms with Crippen molar-refractivity contribution in [1.29, 1.82) is 0 Å². The van der Waals surface area contributed by atoms with Gasteiger partial charge in [-0.25, -0.2) is 4.39 Å². The van der Waals surface area contributed by atoms with Crippen LogP contribution < -0.4 is 5.73 Å². The summed E-state index contributed by atoms with van der Waals surface area (Å²) in [5.41, 5.74) is 6.44. The lowest BCUT2D eigenvalue weighted by atomic mass is 10.1. The maximum absolute atomic E-state index is 13.2. The van der Waals surface area contributed by atoms with Gasteiger partial charge in [-0.05, 0) is 40.0 Å². The van der Waals surface area contributed by atoms with Crippen molar-refractivity contribution < 1.29 is 8.91 Å². The third-order valence-electron chi connectivity index (χ3n) is 2.62. The van der Waals surface area contributed by atoms with Crippen LogP contribution in [0.15, 0.2) is 27.2 Å². The summed E-state index contributed by atoms with van der Waals surface area (Å²) >= 11 is 3.32. The van der Waals surface area contributed by atoms with E-state index in [2.05, 4.69) is 26.1 Å². The fourth-order valence-electron chi connectivity index (χ4n) is 1.44. The van der Waals surface area contributed by atoms with Gasteiger partial charge in [0.05, 0.1) is 11.6 Å². The third-order valence-corrected chi connectivity index (χ3v) is 3.31. The van der Waals surface area contributed by atoms with Gasteiger partial charge < -0.3 is 10.3 Å². The molecule has 1 unspecified atom stereocenters. The average molecular weight is 314 g/mol. The van der Waals surface area contributed by atoms with Gasteiger partial charge in [-0.2, -0.15) is 4.98 Å². The highest BCUT2D eigenvalue weighted by Crippen LogP contribution is 2.28. The molecular weight excluding hydrogens is 301 g/mol. The van der Waals surface area contributed by atoms with Crippen molar-refractivity contribution in [2.45, 2.75) is 19.9 Å². The monoisotopic (exact) mass is 313 g/mol. The molecule has 2 rings (SSSR count). The molecule has 0 spiro atoms. The van der Waals surface area contributed by atoms with E-state index in [1.165, 1.54) is 12.1 Å². The molecule has 0 aliphatic carbocycles. The van der Waals surface area contributed by atoms with E-state index in [0.717, 1.165) is 0 Å². The minimum atomic E-state index is -0.360. The van der Waals surface area contributed by atoms with Crippen molar-refractivity contribution in [1.82, 2.24) is 10.1 Å². The van der Waals surface area contributed by atoms with E-state index in [1.54, 1.807) is 6.07 Å². The zero-order valence-corrected chi connectivity index (χ0v) is 11.6. The topological polar surface area (TPSA) is 64.9 Å². The number of aromatic nitrogens is 2. The smallest absolute Gasteiger partial charge is 0.259 e. The first-order valence-electron chi connectivity index (χ1n) is 5.53. The molecule has 0 fully saturated rings. The minimum absolute atomic E-state index is 0.200. The van der Waals surface area contributed by atoms with Crippen LogP contribution in [0.2, 0.25) is 0 Å². The Kier molecular flexibility index (Phi) is 3.77. The van der Waals surface area contributed by atoms with Gasteiger partial charge in [0.25, 0.3) is 5.89 Å². The fraction of sp³-hybridized carbons (Fsp3) is 0.333. The third kappa shape index (κ3) is 2.59. The molecule has 2 N–H and O–H groups in total. The number of hydrogen-bond acceptors (Lipinski definition) is 4. The van der Waals surface area contributed by atoms with E-state index < -0.39 is 0 Å². The Bertz CT molecular complexity index is 556. The van der Waals surface area contributed by atoms with Crippen LogP contribution in [0.5, 0.6) is 0 Å². The summed E-state index contributed by atoms with van der Waals surface area (Å²) in [7, 11) is 0. The molecule has 18 heavy (non-hydrogen) atoms. The minimum Gasteiger partial charge on any atom is -0.334 e. The number of benzene rings is 1. The zero-order valence-electron chi connectivity index (χ0n) is 10.0. The lowest BCUT2D eigenvalue weighted by molar-refractivity contribution is 0.399. The maximum atomic E-state index is 13.2. The second-order valence-corrected chi connectivity index (χ2v) is 5.21. The zero-order chi connectivity index (χ0) is 13.3. The molecule has 96 valence electrons. The van der Waals surface area contributed by atoms with E-state index in [0.29, 0.717) is 15.9 Å². The van der Waals surface area contributed by atoms with Crippen LogP contribution >= 0.6 is 15.9 Å². The number of nitrogens with zero attached hydrogens (tertiary/aromatic N) is 2. The molecule has 0 aliphatic rings. The highest BCUT2D eigenvalue weighted by atomic mass is 79.9. The van der Waals surface area contributed by atoms with Gasteiger partial charge in [0, 0.05) is 4.47 Å². The molecular formula is C12H13BrFN3O. The predicted molar refractivity (Wildman–Crippen MR) is 69.2 cm³/mol. The summed E-state index contributed by atoms with van der Waals surface area (Å²) in [4.78, 5) is 4.20. The summed E-state index contributed by atoms with van der Waals surface area (Å²) in [5.74, 6) is 0.524. The molecule has 4 nitrogen and oxygen atoms in total. The first-order valence-corrected chi connectivity index (χ1v) is 6.33. The maximum Gasteiger partial charge on any atom is 0.259 e. The molecule has 1 atom stereocenters. The Balaban J connectivity index is 2.38. The van der Waals surface area contributed by atoms with Crippen LogP contribution in [0.3, 0.4) is 0 Å². The summed E-state index contributed by atoms with van der Waals surface area (Å²) in [5, 5.41) is 3.83. The predicted octanol–water partition coefficient (Wildman–Crippen LogP) is 3.29. The lowest BCUT2D eigenvalue weighted by Crippen LogP contribution is -2.18. The molecule has 2 aromatic rings. The van der Waals surface area contributed by atoms with Crippen LogP contribution in [0.25, 0.3) is 11.5 Å². The second-order valence-electron chi connectivity index (χ2n) is 4.35. The number of rotatable bonds is 3. The summed E-state index contributed by atoms with van der Waals surface area (Å²) < 4.78 is 19.0. The van der Waals surface area contributed by atoms with E-state index in [1.807, 2.05) is 13.8 Å². The average Bonchev–Trinajstić information content (AvgIpc) is 2.80. The van der Waals surface area contributed by atoms with Crippen molar-refractivity contribution in [3.8, 4) is 11.5 Å². The van der Waals surface area contributed by atoms with E-state index in [4.69, 9.17) is 10.3 Å². The van der Waals surface area contributed by atoms with Crippen molar-refractivity contribution in [2.24, 2.45) is 11.7 Å². The Morgan fingerprint density at radius 1 is 1.39 bits per heavy atom. The highest BCUT2D eigenvalue weighted by Gasteiger charge is 2.19. The number of hydrogen-bond donors (Lipinski definition) is 1. The van der Waals surface area contributed by atoms with Crippen molar-refractivity contribution >= 4 is 15.9 Å². The number of halogens is 2. The Hall–Kier alpha value is -1.27. The molecule has 0 aliphatic heterocycles. The normalized spacial score (nSPS) is 13.0. The van der Waals surface area contributed by atoms with Crippen molar-refractivity contribution in [3.05, 3.63) is 34.3 Å². The van der Waals surface area contributed by atoms with Gasteiger partial charge in [-0.15, -0.1) is 0 Å². The summed E-state index contributed by atoms with van der Waals surface area (Å²) in [6, 6.07) is 3.99. The Labute approximate surface area is 113 Å². The summed E-state index contributed by atoms with van der Waals surface area (Å²) in [6.45, 7) is 3.94.